The Labute approximate surface area is 81.3 Å². The molecule has 2 N–H and O–H groups in total. The van der Waals surface area contributed by atoms with E-state index in [1.54, 1.807) is 0 Å². The summed E-state index contributed by atoms with van der Waals surface area (Å²) in [4.78, 5) is 3.64. The third kappa shape index (κ3) is 2.60. The topological polar surface area (TPSA) is 105 Å². The summed E-state index contributed by atoms with van der Waals surface area (Å²) in [5.74, 6) is -0.104. The van der Waals surface area contributed by atoms with E-state index in [4.69, 9.17) is 5.11 Å². The highest BCUT2D eigenvalue weighted by Crippen LogP contribution is 2.03. The number of hydrogen-bond acceptors (Lipinski definition) is 6. The molecule has 1 rings (SSSR count). The predicted octanol–water partition coefficient (Wildman–Crippen LogP) is -1.01. The van der Waals surface area contributed by atoms with Crippen molar-refractivity contribution in [3.8, 4) is 0 Å². The molecule has 7 nitrogen and oxygen atoms in total. The van der Waals surface area contributed by atoms with Crippen LogP contribution in [0.5, 0.6) is 0 Å². The van der Waals surface area contributed by atoms with E-state index in [2.05, 4.69) is 19.9 Å². The van der Waals surface area contributed by atoms with Gasteiger partial charge in [0, 0.05) is 0 Å². The minimum absolute atomic E-state index is 0.104. The Hall–Kier alpha value is -1.28. The fourth-order valence-electron chi connectivity index (χ4n) is 0.620. The number of anilines is 1. The van der Waals surface area contributed by atoms with E-state index in [1.807, 2.05) is 0 Å². The van der Waals surface area contributed by atoms with E-state index in [0.717, 1.165) is 0 Å². The largest absolute Gasteiger partial charge is 0.395 e. The molecule has 1 atom stereocenters. The highest BCUT2D eigenvalue weighted by Gasteiger charge is 2.20. The lowest BCUT2D eigenvalue weighted by Gasteiger charge is -2.09. The summed E-state index contributed by atoms with van der Waals surface area (Å²) in [5, 5.41) is 14.7. The molecule has 1 aromatic rings. The molecule has 0 spiro atoms. The van der Waals surface area contributed by atoms with E-state index in [-0.39, 0.29) is 5.95 Å². The van der Waals surface area contributed by atoms with Crippen LogP contribution in [0.25, 0.3) is 0 Å². The van der Waals surface area contributed by atoms with Gasteiger partial charge < -0.3 is 5.11 Å². The third-order valence-corrected chi connectivity index (χ3v) is 3.18. The minimum Gasteiger partial charge on any atom is -0.395 e. The first-order valence-corrected chi connectivity index (χ1v) is 5.37. The number of aliphatic hydroxyl groups excluding tert-OH is 1. The summed E-state index contributed by atoms with van der Waals surface area (Å²) < 4.78 is 24.8. The second-order valence-electron chi connectivity index (χ2n) is 2.61. The second kappa shape index (κ2) is 4.29. The molecular formula is C6H10N4O3S. The van der Waals surface area contributed by atoms with Gasteiger partial charge in [0.05, 0.1) is 19.0 Å². The molecule has 0 aliphatic heterocycles. The van der Waals surface area contributed by atoms with Gasteiger partial charge in [0.2, 0.25) is 10.0 Å². The van der Waals surface area contributed by atoms with E-state index < -0.39 is 21.9 Å². The lowest BCUT2D eigenvalue weighted by molar-refractivity contribution is 0.296. The van der Waals surface area contributed by atoms with Gasteiger partial charge in [-0.25, -0.2) is 18.1 Å². The summed E-state index contributed by atoms with van der Waals surface area (Å²) >= 11 is 0. The van der Waals surface area contributed by atoms with Crippen molar-refractivity contribution in [3.05, 3.63) is 12.4 Å². The molecule has 14 heavy (non-hydrogen) atoms. The first-order valence-electron chi connectivity index (χ1n) is 3.82. The number of aliphatic hydroxyl groups is 1. The van der Waals surface area contributed by atoms with Crippen molar-refractivity contribution < 1.29 is 13.5 Å². The van der Waals surface area contributed by atoms with Gasteiger partial charge in [-0.1, -0.05) is 0 Å². The summed E-state index contributed by atoms with van der Waals surface area (Å²) in [6, 6.07) is 0. The Bertz CT molecular complexity index is 379. The van der Waals surface area contributed by atoms with Crippen LogP contribution < -0.4 is 4.72 Å². The van der Waals surface area contributed by atoms with Crippen LogP contribution >= 0.6 is 0 Å². The number of aromatic nitrogens is 3. The Morgan fingerprint density at radius 1 is 1.57 bits per heavy atom. The van der Waals surface area contributed by atoms with Crippen molar-refractivity contribution in [2.24, 2.45) is 0 Å². The van der Waals surface area contributed by atoms with Gasteiger partial charge in [-0.3, -0.25) is 0 Å². The molecule has 0 saturated carbocycles. The van der Waals surface area contributed by atoms with Gasteiger partial charge in [0.25, 0.3) is 5.95 Å². The zero-order valence-electron chi connectivity index (χ0n) is 7.45. The van der Waals surface area contributed by atoms with Gasteiger partial charge in [-0.2, -0.15) is 5.10 Å². The highest BCUT2D eigenvalue weighted by molar-refractivity contribution is 7.93. The predicted molar refractivity (Wildman–Crippen MR) is 48.9 cm³/mol. The smallest absolute Gasteiger partial charge is 0.256 e. The maximum absolute atomic E-state index is 11.4. The maximum Gasteiger partial charge on any atom is 0.256 e. The van der Waals surface area contributed by atoms with E-state index in [1.165, 1.54) is 19.3 Å². The average molecular weight is 218 g/mol. The molecule has 1 heterocycles. The number of rotatable bonds is 4. The van der Waals surface area contributed by atoms with Gasteiger partial charge in [-0.15, -0.1) is 5.10 Å². The van der Waals surface area contributed by atoms with Gasteiger partial charge >= 0.3 is 0 Å². The molecule has 0 aliphatic rings. The highest BCUT2D eigenvalue weighted by atomic mass is 32.2. The van der Waals surface area contributed by atoms with Crippen molar-refractivity contribution in [2.45, 2.75) is 12.2 Å². The summed E-state index contributed by atoms with van der Waals surface area (Å²) in [6.45, 7) is 0.911. The molecule has 1 unspecified atom stereocenters. The Morgan fingerprint density at radius 2 is 2.29 bits per heavy atom. The molecule has 0 radical (unpaired) electrons. The van der Waals surface area contributed by atoms with Gasteiger partial charge in [0.1, 0.15) is 5.25 Å². The third-order valence-electron chi connectivity index (χ3n) is 1.50. The van der Waals surface area contributed by atoms with E-state index in [0.29, 0.717) is 0 Å². The van der Waals surface area contributed by atoms with Crippen LogP contribution in [0.4, 0.5) is 5.95 Å². The molecule has 0 amide bonds. The zero-order chi connectivity index (χ0) is 10.6. The molecule has 0 aliphatic carbocycles. The van der Waals surface area contributed by atoms with E-state index in [9.17, 15) is 8.42 Å². The molecule has 0 fully saturated rings. The SMILES string of the molecule is CC(CO)S(=O)(=O)Nc1nccnn1. The van der Waals surface area contributed by atoms with Crippen molar-refractivity contribution in [1.29, 1.82) is 0 Å². The molecule has 0 bridgehead atoms. The van der Waals surface area contributed by atoms with Crippen LogP contribution in [0, 0.1) is 0 Å². The Morgan fingerprint density at radius 3 is 2.79 bits per heavy atom. The lowest BCUT2D eigenvalue weighted by Crippen LogP contribution is -2.28. The van der Waals surface area contributed by atoms with Crippen LogP contribution in [0.15, 0.2) is 12.4 Å². The fourth-order valence-corrected chi connectivity index (χ4v) is 1.37. The normalized spacial score (nSPS) is 13.6. The molecule has 8 heteroatoms. The lowest BCUT2D eigenvalue weighted by atomic mass is 10.5. The van der Waals surface area contributed by atoms with Crippen molar-refractivity contribution in [3.63, 3.8) is 0 Å². The van der Waals surface area contributed by atoms with Crippen LogP contribution in [0.1, 0.15) is 6.92 Å². The van der Waals surface area contributed by atoms with Crippen LogP contribution in [-0.2, 0) is 10.0 Å². The molecule has 1 aromatic heterocycles. The second-order valence-corrected chi connectivity index (χ2v) is 4.71. The Balaban J connectivity index is 2.79. The summed E-state index contributed by atoms with van der Waals surface area (Å²) in [5.41, 5.74) is 0. The number of nitrogens with one attached hydrogen (secondary N) is 1. The Kier molecular flexibility index (Phi) is 3.31. The van der Waals surface area contributed by atoms with Gasteiger partial charge in [0.15, 0.2) is 0 Å². The first kappa shape index (κ1) is 10.8. The maximum atomic E-state index is 11.4. The first-order chi connectivity index (χ1) is 6.56. The van der Waals surface area contributed by atoms with Crippen LogP contribution in [-0.4, -0.2) is 40.6 Å². The standard InChI is InChI=1S/C6H10N4O3S/c1-5(4-11)14(12,13)10-6-7-2-3-8-9-6/h2-3,5,11H,4H2,1H3,(H,7,9,10). The van der Waals surface area contributed by atoms with Gasteiger partial charge in [-0.05, 0) is 6.92 Å². The van der Waals surface area contributed by atoms with Crippen molar-refractivity contribution >= 4 is 16.0 Å². The van der Waals surface area contributed by atoms with Crippen LogP contribution in [0.2, 0.25) is 0 Å². The minimum atomic E-state index is -3.63. The number of hydrogen-bond donors (Lipinski definition) is 2. The molecular weight excluding hydrogens is 208 g/mol. The number of sulfonamides is 1. The van der Waals surface area contributed by atoms with E-state index >= 15 is 0 Å². The molecule has 0 aromatic carbocycles. The zero-order valence-corrected chi connectivity index (χ0v) is 8.27. The average Bonchev–Trinajstić information content (AvgIpc) is 2.17. The molecule has 78 valence electrons. The van der Waals surface area contributed by atoms with Crippen molar-refractivity contribution in [1.82, 2.24) is 15.2 Å². The molecule has 0 saturated heterocycles. The number of nitrogens with zero attached hydrogens (tertiary/aromatic N) is 3. The van der Waals surface area contributed by atoms with Crippen LogP contribution in [0.3, 0.4) is 0 Å². The summed E-state index contributed by atoms with van der Waals surface area (Å²) in [7, 11) is -3.63. The summed E-state index contributed by atoms with van der Waals surface area (Å²) in [6.07, 6.45) is 2.64. The van der Waals surface area contributed by atoms with Crippen molar-refractivity contribution in [2.75, 3.05) is 11.3 Å². The monoisotopic (exact) mass is 218 g/mol. The fraction of sp³-hybridized carbons (Fsp3) is 0.500. The quantitative estimate of drug-likeness (QED) is 0.671.